The Kier molecular flexibility index (Phi) is 7.82. The van der Waals surface area contributed by atoms with Crippen LogP contribution in [0.4, 0.5) is 0 Å². The topological polar surface area (TPSA) is 75.7 Å². The molecule has 0 aliphatic rings. The van der Waals surface area contributed by atoms with Gasteiger partial charge >= 0.3 is 0 Å². The predicted octanol–water partition coefficient (Wildman–Crippen LogP) is 3.66. The highest BCUT2D eigenvalue weighted by Crippen LogP contribution is 2.26. The SMILES string of the molecule is CCN(CC)S(=O)(=O)c1ccc(C(=O)NCC(C)(OC)c2cccc(Cl)c2)cc1. The van der Waals surface area contributed by atoms with Crippen molar-refractivity contribution in [2.45, 2.75) is 31.3 Å². The molecule has 0 bridgehead atoms. The van der Waals surface area contributed by atoms with Crippen LogP contribution in [0, 0.1) is 0 Å². The van der Waals surface area contributed by atoms with Crippen LogP contribution >= 0.6 is 11.6 Å². The smallest absolute Gasteiger partial charge is 0.251 e. The summed E-state index contributed by atoms with van der Waals surface area (Å²) in [6, 6.07) is 13.2. The van der Waals surface area contributed by atoms with Gasteiger partial charge in [0.25, 0.3) is 5.91 Å². The minimum Gasteiger partial charge on any atom is -0.372 e. The number of nitrogens with one attached hydrogen (secondary N) is 1. The molecule has 0 aromatic heterocycles. The zero-order chi connectivity index (χ0) is 21.7. The lowest BCUT2D eigenvalue weighted by atomic mass is 9.95. The Balaban J connectivity index is 2.13. The zero-order valence-electron chi connectivity index (χ0n) is 17.1. The number of methoxy groups -OCH3 is 1. The van der Waals surface area contributed by atoms with Gasteiger partial charge in [-0.05, 0) is 48.9 Å². The van der Waals surface area contributed by atoms with Gasteiger partial charge in [-0.15, -0.1) is 0 Å². The summed E-state index contributed by atoms with van der Waals surface area (Å²) >= 11 is 6.07. The fourth-order valence-corrected chi connectivity index (χ4v) is 4.60. The first-order chi connectivity index (χ1) is 13.7. The average Bonchev–Trinajstić information content (AvgIpc) is 2.72. The largest absolute Gasteiger partial charge is 0.372 e. The highest BCUT2D eigenvalue weighted by molar-refractivity contribution is 7.89. The van der Waals surface area contributed by atoms with Crippen LogP contribution in [0.25, 0.3) is 0 Å². The van der Waals surface area contributed by atoms with Gasteiger partial charge in [-0.2, -0.15) is 4.31 Å². The fourth-order valence-electron chi connectivity index (χ4n) is 2.95. The maximum absolute atomic E-state index is 12.6. The summed E-state index contributed by atoms with van der Waals surface area (Å²) in [5, 5.41) is 3.43. The molecule has 0 fully saturated rings. The number of hydrogen-bond acceptors (Lipinski definition) is 4. The van der Waals surface area contributed by atoms with E-state index in [4.69, 9.17) is 16.3 Å². The second kappa shape index (κ2) is 9.71. The third-order valence-corrected chi connectivity index (χ3v) is 7.23. The molecule has 1 atom stereocenters. The number of ether oxygens (including phenoxy) is 1. The van der Waals surface area contributed by atoms with E-state index in [0.717, 1.165) is 5.56 Å². The Hall–Kier alpha value is -1.93. The van der Waals surface area contributed by atoms with Crippen molar-refractivity contribution in [1.29, 1.82) is 0 Å². The van der Waals surface area contributed by atoms with Gasteiger partial charge in [-0.1, -0.05) is 37.6 Å². The van der Waals surface area contributed by atoms with Crippen LogP contribution in [0.5, 0.6) is 0 Å². The summed E-state index contributed by atoms with van der Waals surface area (Å²) in [4.78, 5) is 12.7. The van der Waals surface area contributed by atoms with E-state index < -0.39 is 15.6 Å². The second-order valence-electron chi connectivity index (χ2n) is 6.74. The van der Waals surface area contributed by atoms with E-state index in [1.807, 2.05) is 19.1 Å². The van der Waals surface area contributed by atoms with Gasteiger partial charge in [0.2, 0.25) is 10.0 Å². The number of rotatable bonds is 9. The van der Waals surface area contributed by atoms with E-state index >= 15 is 0 Å². The lowest BCUT2D eigenvalue weighted by Gasteiger charge is -2.29. The number of carbonyl (C=O) groups is 1. The zero-order valence-corrected chi connectivity index (χ0v) is 18.7. The first-order valence-electron chi connectivity index (χ1n) is 9.37. The third kappa shape index (κ3) is 5.36. The van der Waals surface area contributed by atoms with Gasteiger partial charge in [0.1, 0.15) is 5.60 Å². The van der Waals surface area contributed by atoms with E-state index in [2.05, 4.69) is 5.32 Å². The minimum absolute atomic E-state index is 0.165. The molecule has 0 spiro atoms. The Morgan fingerprint density at radius 1 is 1.14 bits per heavy atom. The molecule has 29 heavy (non-hydrogen) atoms. The van der Waals surface area contributed by atoms with Crippen molar-refractivity contribution in [2.24, 2.45) is 0 Å². The van der Waals surface area contributed by atoms with Gasteiger partial charge in [-0.3, -0.25) is 4.79 Å². The molecule has 1 N–H and O–H groups in total. The van der Waals surface area contributed by atoms with Crippen molar-refractivity contribution in [1.82, 2.24) is 9.62 Å². The molecule has 0 aliphatic carbocycles. The first-order valence-corrected chi connectivity index (χ1v) is 11.2. The molecule has 0 heterocycles. The van der Waals surface area contributed by atoms with E-state index in [1.54, 1.807) is 33.1 Å². The summed E-state index contributed by atoms with van der Waals surface area (Å²) in [5.41, 5.74) is 0.452. The standard InChI is InChI=1S/C21H27ClN2O4S/c1-5-24(6-2)29(26,27)19-12-10-16(11-13-19)20(25)23-15-21(3,28-4)17-8-7-9-18(22)14-17/h7-14H,5-6,15H2,1-4H3,(H,23,25). The van der Waals surface area contributed by atoms with Crippen molar-refractivity contribution in [2.75, 3.05) is 26.7 Å². The summed E-state index contributed by atoms with van der Waals surface area (Å²) < 4.78 is 32.1. The summed E-state index contributed by atoms with van der Waals surface area (Å²) in [6.07, 6.45) is 0. The Labute approximate surface area is 177 Å². The molecule has 0 aliphatic heterocycles. The highest BCUT2D eigenvalue weighted by atomic mass is 35.5. The van der Waals surface area contributed by atoms with E-state index in [1.165, 1.54) is 28.6 Å². The molecule has 2 rings (SSSR count). The maximum atomic E-state index is 12.6. The van der Waals surface area contributed by atoms with E-state index in [-0.39, 0.29) is 17.3 Å². The number of carbonyl (C=O) groups excluding carboxylic acids is 1. The lowest BCUT2D eigenvalue weighted by molar-refractivity contribution is 0.00315. The van der Waals surface area contributed by atoms with Crippen LogP contribution in [0.1, 0.15) is 36.7 Å². The van der Waals surface area contributed by atoms with E-state index in [9.17, 15) is 13.2 Å². The van der Waals surface area contributed by atoms with Crippen LogP contribution in [-0.4, -0.2) is 45.4 Å². The molecule has 0 radical (unpaired) electrons. The molecule has 0 saturated carbocycles. The molecular weight excluding hydrogens is 412 g/mol. The Morgan fingerprint density at radius 2 is 1.76 bits per heavy atom. The van der Waals surface area contributed by atoms with Gasteiger partial charge in [0, 0.05) is 30.8 Å². The van der Waals surface area contributed by atoms with Gasteiger partial charge < -0.3 is 10.1 Å². The number of benzene rings is 2. The van der Waals surface area contributed by atoms with Crippen LogP contribution in [-0.2, 0) is 20.4 Å². The maximum Gasteiger partial charge on any atom is 0.251 e. The summed E-state index contributed by atoms with van der Waals surface area (Å²) in [7, 11) is -1.98. The normalized spacial score (nSPS) is 13.9. The number of halogens is 1. The number of sulfonamides is 1. The molecule has 1 unspecified atom stereocenters. The van der Waals surface area contributed by atoms with Crippen molar-refractivity contribution in [3.05, 3.63) is 64.7 Å². The molecular formula is C21H27ClN2O4S. The number of hydrogen-bond donors (Lipinski definition) is 1. The van der Waals surface area contributed by atoms with Gasteiger partial charge in [-0.25, -0.2) is 8.42 Å². The minimum atomic E-state index is -3.55. The molecule has 158 valence electrons. The predicted molar refractivity (Wildman–Crippen MR) is 115 cm³/mol. The second-order valence-corrected chi connectivity index (χ2v) is 9.12. The molecule has 2 aromatic rings. The third-order valence-electron chi connectivity index (χ3n) is 4.93. The monoisotopic (exact) mass is 438 g/mol. The summed E-state index contributed by atoms with van der Waals surface area (Å²) in [5.74, 6) is -0.318. The molecule has 6 nitrogen and oxygen atoms in total. The highest BCUT2D eigenvalue weighted by Gasteiger charge is 2.27. The molecule has 1 amide bonds. The van der Waals surface area contributed by atoms with Crippen LogP contribution in [0.2, 0.25) is 5.02 Å². The van der Waals surface area contributed by atoms with Crippen molar-refractivity contribution in [3.63, 3.8) is 0 Å². The molecule has 8 heteroatoms. The van der Waals surface area contributed by atoms with E-state index in [0.29, 0.717) is 23.7 Å². The van der Waals surface area contributed by atoms with Gasteiger partial charge in [0.15, 0.2) is 0 Å². The molecule has 0 saturated heterocycles. The van der Waals surface area contributed by atoms with Crippen molar-refractivity contribution in [3.8, 4) is 0 Å². The fraction of sp³-hybridized carbons (Fsp3) is 0.381. The van der Waals surface area contributed by atoms with Gasteiger partial charge in [0.05, 0.1) is 11.4 Å². The Bertz CT molecular complexity index is 943. The number of nitrogens with zero attached hydrogens (tertiary/aromatic N) is 1. The van der Waals surface area contributed by atoms with Crippen molar-refractivity contribution < 1.29 is 17.9 Å². The van der Waals surface area contributed by atoms with Crippen molar-refractivity contribution >= 4 is 27.5 Å². The summed E-state index contributed by atoms with van der Waals surface area (Å²) in [6.45, 7) is 6.44. The molecule has 2 aromatic carbocycles. The first kappa shape index (κ1) is 23.3. The average molecular weight is 439 g/mol. The Morgan fingerprint density at radius 3 is 2.28 bits per heavy atom. The lowest BCUT2D eigenvalue weighted by Crippen LogP contribution is -2.40. The van der Waals surface area contributed by atoms with Crippen LogP contribution < -0.4 is 5.32 Å². The number of amides is 1. The van der Waals surface area contributed by atoms with Crippen LogP contribution in [0.15, 0.2) is 53.4 Å². The quantitative estimate of drug-likeness (QED) is 0.648. The van der Waals surface area contributed by atoms with Crippen LogP contribution in [0.3, 0.4) is 0 Å².